The van der Waals surface area contributed by atoms with E-state index in [2.05, 4.69) is 5.32 Å². The number of hydrogen-bond acceptors (Lipinski definition) is 6. The van der Waals surface area contributed by atoms with Crippen molar-refractivity contribution in [1.82, 2.24) is 0 Å². The van der Waals surface area contributed by atoms with Gasteiger partial charge in [-0.3, -0.25) is 9.59 Å². The van der Waals surface area contributed by atoms with E-state index in [1.165, 1.54) is 6.07 Å². The molecule has 0 saturated heterocycles. The van der Waals surface area contributed by atoms with Gasteiger partial charge in [0.1, 0.15) is 17.8 Å². The molecule has 232 valence electrons. The lowest BCUT2D eigenvalue weighted by Crippen LogP contribution is -2.46. The second-order valence-electron chi connectivity index (χ2n) is 11.7. The zero-order valence-electron chi connectivity index (χ0n) is 24.3. The molecule has 4 aromatic rings. The predicted octanol–water partition coefficient (Wildman–Crippen LogP) is 6.91. The minimum absolute atomic E-state index is 0. The van der Waals surface area contributed by atoms with Crippen LogP contribution in [-0.2, 0) is 14.3 Å². The van der Waals surface area contributed by atoms with E-state index in [-0.39, 0.29) is 32.8 Å². The number of hydrogen-bond donors (Lipinski definition) is 3. The van der Waals surface area contributed by atoms with Crippen LogP contribution in [0.4, 0.5) is 11.4 Å². The normalized spacial score (nSPS) is 16.7. The number of aromatic carboxylic acids is 1. The maximum absolute atomic E-state index is 14.2. The predicted molar refractivity (Wildman–Crippen MR) is 170 cm³/mol. The second-order valence-corrected chi connectivity index (χ2v) is 12.1. The number of ether oxygens (including phenoxy) is 1. The lowest BCUT2D eigenvalue weighted by Gasteiger charge is -2.32. The molecule has 0 aliphatic carbocycles. The molecule has 0 bridgehead atoms. The Morgan fingerprint density at radius 1 is 1.05 bits per heavy atom. The number of carboxylic acids is 1. The molecule has 0 unspecified atom stereocenters. The fourth-order valence-electron chi connectivity index (χ4n) is 5.25. The molecule has 2 amide bonds. The third-order valence-corrected chi connectivity index (χ3v) is 7.96. The molecular weight excluding hydrogens is 584 g/mol. The Hall–Kier alpha value is -4.18. The van der Waals surface area contributed by atoms with E-state index in [0.29, 0.717) is 32.9 Å². The Balaban J connectivity index is 0.00000442. The zero-order chi connectivity index (χ0) is 31.1. The fraction of sp³-hybridized carbons (Fsp3) is 0.324. The maximum Gasteiger partial charge on any atom is 0.371 e. The third kappa shape index (κ3) is 6.65. The van der Waals surface area contributed by atoms with Gasteiger partial charge in [0, 0.05) is 45.9 Å². The highest BCUT2D eigenvalue weighted by Crippen LogP contribution is 2.42. The van der Waals surface area contributed by atoms with E-state index in [1.54, 1.807) is 41.3 Å². The van der Waals surface area contributed by atoms with Crippen molar-refractivity contribution < 1.29 is 33.8 Å². The van der Waals surface area contributed by atoms with Gasteiger partial charge >= 0.3 is 5.97 Å². The van der Waals surface area contributed by atoms with Crippen molar-refractivity contribution in [3.05, 3.63) is 93.7 Å². The lowest BCUT2D eigenvalue weighted by atomic mass is 9.91. The molecule has 2 atom stereocenters. The van der Waals surface area contributed by atoms with Crippen molar-refractivity contribution in [2.75, 3.05) is 23.4 Å². The first-order valence-corrected chi connectivity index (χ1v) is 14.2. The van der Waals surface area contributed by atoms with Crippen molar-refractivity contribution >= 4 is 51.7 Å². The number of anilines is 2. The highest BCUT2D eigenvalue weighted by Gasteiger charge is 2.40. The number of aliphatic hydroxyl groups is 1. The largest absolute Gasteiger partial charge is 0.475 e. The van der Waals surface area contributed by atoms with Gasteiger partial charge in [-0.1, -0.05) is 51.1 Å². The maximum atomic E-state index is 14.2. The first-order chi connectivity index (χ1) is 20.4. The summed E-state index contributed by atoms with van der Waals surface area (Å²) in [6.45, 7) is 7.71. The van der Waals surface area contributed by atoms with Gasteiger partial charge in [-0.25, -0.2) is 4.79 Å². The number of carbonyl (C=O) groups is 3. The molecule has 1 aliphatic heterocycles. The quantitative estimate of drug-likeness (QED) is 0.195. The van der Waals surface area contributed by atoms with E-state index < -0.39 is 35.4 Å². The number of aryl methyl sites for hydroxylation is 1. The van der Waals surface area contributed by atoms with Gasteiger partial charge in [-0.05, 0) is 73.0 Å². The Morgan fingerprint density at radius 2 is 1.80 bits per heavy atom. The van der Waals surface area contributed by atoms with E-state index in [0.717, 1.165) is 16.7 Å². The molecule has 1 aliphatic rings. The Labute approximate surface area is 261 Å². The first kappa shape index (κ1) is 32.7. The van der Waals surface area contributed by atoms with Crippen LogP contribution in [0.15, 0.2) is 65.1 Å². The topological polar surface area (TPSA) is 129 Å². The van der Waals surface area contributed by atoms with E-state index in [1.807, 2.05) is 45.9 Å². The Kier molecular flexibility index (Phi) is 9.53. The number of carbonyl (C=O) groups excluding carboxylic acids is 2. The highest BCUT2D eigenvalue weighted by atomic mass is 35.5. The van der Waals surface area contributed by atoms with Crippen molar-refractivity contribution in [2.24, 2.45) is 5.41 Å². The number of aliphatic hydroxyl groups excluding tert-OH is 1. The minimum Gasteiger partial charge on any atom is -0.475 e. The van der Waals surface area contributed by atoms with Crippen LogP contribution in [0.3, 0.4) is 0 Å². The van der Waals surface area contributed by atoms with Crippen LogP contribution in [0.1, 0.15) is 66.6 Å². The zero-order valence-corrected chi connectivity index (χ0v) is 25.1. The molecule has 0 saturated carbocycles. The molecule has 1 aromatic heterocycles. The number of benzene rings is 3. The summed E-state index contributed by atoms with van der Waals surface area (Å²) >= 11 is 6.47. The van der Waals surface area contributed by atoms with E-state index in [4.69, 9.17) is 20.8 Å². The van der Waals surface area contributed by atoms with E-state index >= 15 is 0 Å². The molecule has 5 rings (SSSR count). The average Bonchev–Trinajstić information content (AvgIpc) is 3.36. The standard InChI is InChI=1S/C33H33ClN2O7.CH4/c1-18-6-5-7-23(19(18)2)30-24-14-21(34)8-10-25(24)36(16-33(3,4)17-37)31(39)27(43-30)15-29(38)35-22-9-11-26-20(12-22)13-28(42-26)32(40)41;/h5-14,27,30,37H,15-17H2,1-4H3,(H,35,38)(H,40,41);1H4/t27-,30-;/m1./s1. The molecular formula is C34H37ClN2O7. The summed E-state index contributed by atoms with van der Waals surface area (Å²) in [7, 11) is 0. The lowest BCUT2D eigenvalue weighted by molar-refractivity contribution is -0.136. The van der Waals surface area contributed by atoms with Crippen molar-refractivity contribution in [1.29, 1.82) is 0 Å². The molecule has 10 heteroatoms. The molecule has 2 heterocycles. The van der Waals surface area contributed by atoms with Gasteiger partial charge in [-0.2, -0.15) is 0 Å². The molecule has 3 N–H and O–H groups in total. The summed E-state index contributed by atoms with van der Waals surface area (Å²) in [5.41, 5.74) is 4.32. The van der Waals surface area contributed by atoms with Gasteiger partial charge in [0.25, 0.3) is 5.91 Å². The van der Waals surface area contributed by atoms with Crippen LogP contribution in [0.5, 0.6) is 0 Å². The molecule has 44 heavy (non-hydrogen) atoms. The summed E-state index contributed by atoms with van der Waals surface area (Å²) in [4.78, 5) is 40.4. The molecule has 0 fully saturated rings. The average molecular weight is 621 g/mol. The molecule has 0 spiro atoms. The van der Waals surface area contributed by atoms with Gasteiger partial charge in [0.15, 0.2) is 0 Å². The number of rotatable bonds is 8. The fourth-order valence-corrected chi connectivity index (χ4v) is 5.43. The van der Waals surface area contributed by atoms with Gasteiger partial charge in [0.2, 0.25) is 11.7 Å². The number of nitrogens with one attached hydrogen (secondary N) is 1. The number of furan rings is 1. The first-order valence-electron chi connectivity index (χ1n) is 13.9. The van der Waals surface area contributed by atoms with Crippen LogP contribution >= 0.6 is 11.6 Å². The van der Waals surface area contributed by atoms with E-state index in [9.17, 15) is 24.6 Å². The van der Waals surface area contributed by atoms with Crippen molar-refractivity contribution in [3.63, 3.8) is 0 Å². The van der Waals surface area contributed by atoms with Gasteiger partial charge in [0.05, 0.1) is 6.42 Å². The summed E-state index contributed by atoms with van der Waals surface area (Å²) in [6.07, 6.45) is -2.15. The smallest absolute Gasteiger partial charge is 0.371 e. The van der Waals surface area contributed by atoms with Gasteiger partial charge in [-0.15, -0.1) is 0 Å². The van der Waals surface area contributed by atoms with Gasteiger partial charge < -0.3 is 29.6 Å². The highest BCUT2D eigenvalue weighted by molar-refractivity contribution is 6.30. The van der Waals surface area contributed by atoms with Crippen molar-refractivity contribution in [3.8, 4) is 0 Å². The summed E-state index contributed by atoms with van der Waals surface area (Å²) < 4.78 is 11.9. The third-order valence-electron chi connectivity index (χ3n) is 7.73. The number of fused-ring (bicyclic) bond motifs is 2. The van der Waals surface area contributed by atoms with Crippen LogP contribution in [0.2, 0.25) is 5.02 Å². The summed E-state index contributed by atoms with van der Waals surface area (Å²) in [5.74, 6) is -2.28. The molecule has 0 radical (unpaired) electrons. The van der Waals surface area contributed by atoms with Crippen LogP contribution in [0.25, 0.3) is 11.0 Å². The molecule has 9 nitrogen and oxygen atoms in total. The summed E-state index contributed by atoms with van der Waals surface area (Å²) in [6, 6.07) is 17.3. The number of halogens is 1. The molecule has 3 aromatic carbocycles. The minimum atomic E-state index is -1.19. The number of amides is 2. The van der Waals surface area contributed by atoms with Crippen molar-refractivity contribution in [2.45, 2.75) is 53.8 Å². The SMILES string of the molecule is C.Cc1cccc([C@H]2O[C@H](CC(=O)Nc3ccc4oc(C(=O)O)cc4c3)C(=O)N(CC(C)(C)CO)c3ccc(Cl)cc32)c1C. The number of carboxylic acid groups (broad SMARTS) is 1. The summed E-state index contributed by atoms with van der Waals surface area (Å²) in [5, 5.41) is 23.1. The Morgan fingerprint density at radius 3 is 2.50 bits per heavy atom. The van der Waals surface area contributed by atoms with Crippen LogP contribution < -0.4 is 10.2 Å². The Bertz CT molecular complexity index is 1730. The van der Waals surface area contributed by atoms with Crippen LogP contribution in [-0.4, -0.2) is 47.3 Å². The monoisotopic (exact) mass is 620 g/mol. The second kappa shape index (κ2) is 12.8. The number of nitrogens with zero attached hydrogens (tertiary/aromatic N) is 1. The van der Waals surface area contributed by atoms with Crippen LogP contribution in [0, 0.1) is 19.3 Å².